The standard InChI is InChI=1S/C15H19N5O4S/c1-25(21,22)15-19-18-14(24-15)12-6-8-13(9-7-12)23-11-5-3-2-4-10-17-20-16/h6-9H,2-5,10-11H2,1H3. The maximum absolute atomic E-state index is 11.3. The summed E-state index contributed by atoms with van der Waals surface area (Å²) < 4.78 is 33.5. The van der Waals surface area contributed by atoms with Gasteiger partial charge in [-0.1, -0.05) is 23.1 Å². The normalized spacial score (nSPS) is 11.1. The lowest BCUT2D eigenvalue weighted by Crippen LogP contribution is -1.97. The third-order valence-electron chi connectivity index (χ3n) is 3.31. The number of rotatable bonds is 10. The maximum Gasteiger partial charge on any atom is 0.335 e. The summed E-state index contributed by atoms with van der Waals surface area (Å²) in [4.78, 5) is 2.71. The van der Waals surface area contributed by atoms with Crippen molar-refractivity contribution in [1.82, 2.24) is 10.2 Å². The molecule has 0 saturated heterocycles. The van der Waals surface area contributed by atoms with Gasteiger partial charge in [0.1, 0.15) is 5.75 Å². The zero-order chi connectivity index (χ0) is 18.1. The average Bonchev–Trinajstić information content (AvgIpc) is 3.08. The van der Waals surface area contributed by atoms with Gasteiger partial charge >= 0.3 is 5.22 Å². The molecule has 2 aromatic rings. The molecule has 134 valence electrons. The molecular weight excluding hydrogens is 346 g/mol. The quantitative estimate of drug-likeness (QED) is 0.274. The van der Waals surface area contributed by atoms with Gasteiger partial charge in [0.2, 0.25) is 15.7 Å². The van der Waals surface area contributed by atoms with Crippen molar-refractivity contribution in [2.45, 2.75) is 30.9 Å². The van der Waals surface area contributed by atoms with Crippen molar-refractivity contribution < 1.29 is 17.6 Å². The Labute approximate surface area is 145 Å². The van der Waals surface area contributed by atoms with Gasteiger partial charge in [-0.25, -0.2) is 8.42 Å². The Kier molecular flexibility index (Phi) is 6.79. The molecule has 0 N–H and O–H groups in total. The minimum Gasteiger partial charge on any atom is -0.494 e. The Morgan fingerprint density at radius 1 is 1.16 bits per heavy atom. The van der Waals surface area contributed by atoms with E-state index in [4.69, 9.17) is 14.7 Å². The first-order valence-corrected chi connectivity index (χ1v) is 9.67. The molecule has 0 amide bonds. The molecule has 1 heterocycles. The van der Waals surface area contributed by atoms with E-state index in [0.29, 0.717) is 24.5 Å². The number of hydrogen-bond acceptors (Lipinski definition) is 7. The number of nitrogens with zero attached hydrogens (tertiary/aromatic N) is 5. The van der Waals surface area contributed by atoms with Crippen molar-refractivity contribution in [3.63, 3.8) is 0 Å². The highest BCUT2D eigenvalue weighted by atomic mass is 32.2. The van der Waals surface area contributed by atoms with Crippen molar-refractivity contribution in [3.05, 3.63) is 34.7 Å². The van der Waals surface area contributed by atoms with Gasteiger partial charge in [0.15, 0.2) is 0 Å². The minimum atomic E-state index is -3.51. The second-order valence-electron chi connectivity index (χ2n) is 5.39. The van der Waals surface area contributed by atoms with Crippen LogP contribution in [0.3, 0.4) is 0 Å². The fourth-order valence-electron chi connectivity index (χ4n) is 2.04. The van der Waals surface area contributed by atoms with Crippen LogP contribution in [0.1, 0.15) is 25.7 Å². The first-order chi connectivity index (χ1) is 12.0. The van der Waals surface area contributed by atoms with Gasteiger partial charge in [-0.2, -0.15) is 0 Å². The summed E-state index contributed by atoms with van der Waals surface area (Å²) in [6.07, 6.45) is 4.83. The number of aromatic nitrogens is 2. The summed E-state index contributed by atoms with van der Waals surface area (Å²) in [5, 5.41) is 10.3. The van der Waals surface area contributed by atoms with Crippen LogP contribution in [0.4, 0.5) is 0 Å². The Bertz CT molecular complexity index is 826. The predicted octanol–water partition coefficient (Wildman–Crippen LogP) is 3.39. The van der Waals surface area contributed by atoms with E-state index in [1.807, 2.05) is 0 Å². The van der Waals surface area contributed by atoms with Crippen LogP contribution in [0.5, 0.6) is 5.75 Å². The first kappa shape index (κ1) is 18.8. The number of hydrogen-bond donors (Lipinski definition) is 0. The smallest absolute Gasteiger partial charge is 0.335 e. The highest BCUT2D eigenvalue weighted by Gasteiger charge is 2.17. The van der Waals surface area contributed by atoms with Crippen LogP contribution in [0.2, 0.25) is 0 Å². The second-order valence-corrected chi connectivity index (χ2v) is 7.28. The fraction of sp³-hybridized carbons (Fsp3) is 0.467. The second kappa shape index (κ2) is 9.05. The van der Waals surface area contributed by atoms with Crippen molar-refractivity contribution in [1.29, 1.82) is 0 Å². The molecule has 0 aliphatic rings. The van der Waals surface area contributed by atoms with Crippen LogP contribution in [-0.4, -0.2) is 38.0 Å². The van der Waals surface area contributed by atoms with E-state index in [0.717, 1.165) is 31.9 Å². The Morgan fingerprint density at radius 2 is 1.88 bits per heavy atom. The van der Waals surface area contributed by atoms with Gasteiger partial charge in [-0.3, -0.25) is 0 Å². The molecule has 0 fully saturated rings. The molecular formula is C15H19N5O4S. The SMILES string of the molecule is CS(=O)(=O)c1nnc(-c2ccc(OCCCCCCN=[N+]=[N-])cc2)o1. The van der Waals surface area contributed by atoms with Crippen molar-refractivity contribution >= 4 is 9.84 Å². The molecule has 9 nitrogen and oxygen atoms in total. The summed E-state index contributed by atoms with van der Waals surface area (Å²) in [6, 6.07) is 6.99. The Balaban J connectivity index is 1.78. The number of azide groups is 1. The van der Waals surface area contributed by atoms with Gasteiger partial charge < -0.3 is 9.15 Å². The molecule has 1 aromatic heterocycles. The van der Waals surface area contributed by atoms with E-state index < -0.39 is 15.1 Å². The van der Waals surface area contributed by atoms with Crippen LogP contribution in [-0.2, 0) is 9.84 Å². The van der Waals surface area contributed by atoms with Crippen LogP contribution < -0.4 is 4.74 Å². The molecule has 0 radical (unpaired) electrons. The minimum absolute atomic E-state index is 0.145. The summed E-state index contributed by atoms with van der Waals surface area (Å²) in [5.74, 6) is 0.854. The van der Waals surface area contributed by atoms with Gasteiger partial charge in [0, 0.05) is 23.3 Å². The molecule has 0 aliphatic carbocycles. The Hall–Kier alpha value is -2.58. The van der Waals surface area contributed by atoms with E-state index in [1.54, 1.807) is 24.3 Å². The van der Waals surface area contributed by atoms with Crippen molar-refractivity contribution in [2.24, 2.45) is 5.11 Å². The average molecular weight is 365 g/mol. The van der Waals surface area contributed by atoms with Crippen molar-refractivity contribution in [3.8, 4) is 17.2 Å². The van der Waals surface area contributed by atoms with Crippen molar-refractivity contribution in [2.75, 3.05) is 19.4 Å². The third kappa shape index (κ3) is 6.09. The molecule has 10 heteroatoms. The fourth-order valence-corrected chi connectivity index (χ4v) is 2.46. The molecule has 2 rings (SSSR count). The monoisotopic (exact) mass is 365 g/mol. The van der Waals surface area contributed by atoms with Crippen LogP contribution >= 0.6 is 0 Å². The molecule has 25 heavy (non-hydrogen) atoms. The molecule has 0 aliphatic heterocycles. The first-order valence-electron chi connectivity index (χ1n) is 7.78. The van der Waals surface area contributed by atoms with Crippen LogP contribution in [0, 0.1) is 0 Å². The number of benzene rings is 1. The van der Waals surface area contributed by atoms with Gasteiger partial charge in [0.25, 0.3) is 0 Å². The number of ether oxygens (including phenoxy) is 1. The topological polar surface area (TPSA) is 131 Å². The van der Waals surface area contributed by atoms with E-state index in [9.17, 15) is 8.42 Å². The largest absolute Gasteiger partial charge is 0.494 e. The van der Waals surface area contributed by atoms with Gasteiger partial charge in [0.05, 0.1) is 6.61 Å². The Morgan fingerprint density at radius 3 is 2.52 bits per heavy atom. The van der Waals surface area contributed by atoms with E-state index >= 15 is 0 Å². The van der Waals surface area contributed by atoms with E-state index in [-0.39, 0.29) is 5.89 Å². The lowest BCUT2D eigenvalue weighted by molar-refractivity contribution is 0.305. The molecule has 0 saturated carbocycles. The third-order valence-corrected chi connectivity index (χ3v) is 4.11. The van der Waals surface area contributed by atoms with Gasteiger partial charge in [-0.05, 0) is 42.6 Å². The lowest BCUT2D eigenvalue weighted by atomic mass is 10.2. The number of sulfone groups is 1. The number of unbranched alkanes of at least 4 members (excludes halogenated alkanes) is 3. The molecule has 0 spiro atoms. The maximum atomic E-state index is 11.3. The highest BCUT2D eigenvalue weighted by molar-refractivity contribution is 7.90. The zero-order valence-corrected chi connectivity index (χ0v) is 14.6. The zero-order valence-electron chi connectivity index (χ0n) is 13.8. The summed E-state index contributed by atoms with van der Waals surface area (Å²) in [7, 11) is -3.51. The molecule has 1 aromatic carbocycles. The van der Waals surface area contributed by atoms with Crippen LogP contribution in [0.15, 0.2) is 39.0 Å². The van der Waals surface area contributed by atoms with Crippen LogP contribution in [0.25, 0.3) is 21.9 Å². The van der Waals surface area contributed by atoms with E-state index in [2.05, 4.69) is 20.2 Å². The summed E-state index contributed by atoms with van der Waals surface area (Å²) in [6.45, 7) is 1.13. The van der Waals surface area contributed by atoms with Gasteiger partial charge in [-0.15, -0.1) is 5.10 Å². The summed E-state index contributed by atoms with van der Waals surface area (Å²) >= 11 is 0. The summed E-state index contributed by atoms with van der Waals surface area (Å²) in [5.41, 5.74) is 8.78. The lowest BCUT2D eigenvalue weighted by Gasteiger charge is -2.06. The molecule has 0 bridgehead atoms. The molecule has 0 unspecified atom stereocenters. The predicted molar refractivity (Wildman–Crippen MR) is 90.8 cm³/mol. The van der Waals surface area contributed by atoms with E-state index in [1.165, 1.54) is 0 Å². The molecule has 0 atom stereocenters. The highest BCUT2D eigenvalue weighted by Crippen LogP contribution is 2.22.